The molecular weight excluding hydrogens is 378 g/mol. The van der Waals surface area contributed by atoms with Gasteiger partial charge >= 0.3 is 5.97 Å². The van der Waals surface area contributed by atoms with Crippen LogP contribution in [-0.2, 0) is 9.53 Å². The molecule has 0 radical (unpaired) electrons. The molecule has 3 heterocycles. The van der Waals surface area contributed by atoms with Crippen LogP contribution >= 0.6 is 11.3 Å². The number of amides is 1. The van der Waals surface area contributed by atoms with Crippen molar-refractivity contribution in [1.82, 2.24) is 25.1 Å². The van der Waals surface area contributed by atoms with Gasteiger partial charge < -0.3 is 10.1 Å². The lowest BCUT2D eigenvalue weighted by Crippen LogP contribution is -2.27. The van der Waals surface area contributed by atoms with Gasteiger partial charge in [0.25, 0.3) is 11.9 Å². The van der Waals surface area contributed by atoms with E-state index in [4.69, 9.17) is 4.74 Å². The van der Waals surface area contributed by atoms with Gasteiger partial charge in [-0.15, -0.1) is 11.3 Å². The smallest absolute Gasteiger partial charge is 0.307 e. The molecule has 8 nitrogen and oxygen atoms in total. The van der Waals surface area contributed by atoms with Gasteiger partial charge in [-0.3, -0.25) is 9.59 Å². The Kier molecular flexibility index (Phi) is 6.15. The van der Waals surface area contributed by atoms with Gasteiger partial charge in [0.05, 0.1) is 41.1 Å². The quantitative estimate of drug-likeness (QED) is 0.613. The molecule has 3 aromatic heterocycles. The van der Waals surface area contributed by atoms with Gasteiger partial charge in [0, 0.05) is 12.7 Å². The highest BCUT2D eigenvalue weighted by Crippen LogP contribution is 2.26. The van der Waals surface area contributed by atoms with Crippen LogP contribution in [0.15, 0.2) is 29.9 Å². The van der Waals surface area contributed by atoms with Gasteiger partial charge in [0.1, 0.15) is 0 Å². The average molecular weight is 399 g/mol. The Labute approximate surface area is 166 Å². The van der Waals surface area contributed by atoms with E-state index in [1.165, 1.54) is 10.9 Å². The van der Waals surface area contributed by atoms with Crippen molar-refractivity contribution in [2.24, 2.45) is 0 Å². The van der Waals surface area contributed by atoms with Crippen LogP contribution in [0.1, 0.15) is 35.0 Å². The van der Waals surface area contributed by atoms with Crippen molar-refractivity contribution in [2.45, 2.75) is 27.2 Å². The van der Waals surface area contributed by atoms with Crippen LogP contribution in [-0.4, -0.2) is 44.8 Å². The monoisotopic (exact) mass is 399 g/mol. The van der Waals surface area contributed by atoms with Gasteiger partial charge in [0.15, 0.2) is 0 Å². The van der Waals surface area contributed by atoms with Crippen LogP contribution < -0.4 is 5.32 Å². The van der Waals surface area contributed by atoms with Crippen molar-refractivity contribution >= 4 is 23.2 Å². The molecule has 0 atom stereocenters. The second-order valence-electron chi connectivity index (χ2n) is 6.05. The predicted octanol–water partition coefficient (Wildman–Crippen LogP) is 2.69. The lowest BCUT2D eigenvalue weighted by Gasteiger charge is -2.08. The first-order valence-electron chi connectivity index (χ1n) is 8.87. The molecule has 1 amide bonds. The highest BCUT2D eigenvalue weighted by atomic mass is 32.1. The van der Waals surface area contributed by atoms with E-state index in [0.29, 0.717) is 23.8 Å². The zero-order valence-corrected chi connectivity index (χ0v) is 16.7. The average Bonchev–Trinajstić information content (AvgIpc) is 3.32. The van der Waals surface area contributed by atoms with Crippen LogP contribution in [0.2, 0.25) is 0 Å². The van der Waals surface area contributed by atoms with E-state index >= 15 is 0 Å². The number of ether oxygens (including phenoxy) is 1. The largest absolute Gasteiger partial charge is 0.466 e. The van der Waals surface area contributed by atoms with E-state index < -0.39 is 0 Å². The molecule has 0 aliphatic carbocycles. The molecule has 3 rings (SSSR count). The van der Waals surface area contributed by atoms with Crippen LogP contribution in [0, 0.1) is 13.8 Å². The van der Waals surface area contributed by atoms with Crippen molar-refractivity contribution in [3.8, 4) is 16.5 Å². The molecular formula is C19H21N5O3S. The molecule has 9 heteroatoms. The van der Waals surface area contributed by atoms with E-state index in [1.807, 2.05) is 24.4 Å². The Balaban J connectivity index is 1.77. The van der Waals surface area contributed by atoms with E-state index in [1.54, 1.807) is 31.4 Å². The maximum absolute atomic E-state index is 12.4. The maximum Gasteiger partial charge on any atom is 0.307 e. The number of hydrogen-bond donors (Lipinski definition) is 1. The minimum absolute atomic E-state index is 0.123. The zero-order valence-electron chi connectivity index (χ0n) is 15.9. The summed E-state index contributed by atoms with van der Waals surface area (Å²) < 4.78 is 6.38. The highest BCUT2D eigenvalue weighted by molar-refractivity contribution is 7.13. The Morgan fingerprint density at radius 3 is 2.82 bits per heavy atom. The normalized spacial score (nSPS) is 10.7. The SMILES string of the molecule is CCOC(=O)CCNC(=O)c1cnn(-c2ncc(C)c(-c3cccs3)n2)c1C. The van der Waals surface area contributed by atoms with Gasteiger partial charge in [0.2, 0.25) is 0 Å². The summed E-state index contributed by atoms with van der Waals surface area (Å²) in [5.41, 5.74) is 2.84. The second kappa shape index (κ2) is 8.75. The molecule has 1 N–H and O–H groups in total. The van der Waals surface area contributed by atoms with Crippen molar-refractivity contribution in [3.63, 3.8) is 0 Å². The molecule has 3 aromatic rings. The summed E-state index contributed by atoms with van der Waals surface area (Å²) >= 11 is 1.60. The Morgan fingerprint density at radius 1 is 1.29 bits per heavy atom. The Hall–Kier alpha value is -3.07. The molecule has 146 valence electrons. The minimum atomic E-state index is -0.343. The van der Waals surface area contributed by atoms with E-state index in [0.717, 1.165) is 16.1 Å². The van der Waals surface area contributed by atoms with Gasteiger partial charge in [-0.05, 0) is 37.8 Å². The van der Waals surface area contributed by atoms with E-state index in [9.17, 15) is 9.59 Å². The van der Waals surface area contributed by atoms with Gasteiger partial charge in [-0.1, -0.05) is 6.07 Å². The number of aryl methyl sites for hydroxylation is 1. The van der Waals surface area contributed by atoms with Gasteiger partial charge in [-0.25, -0.2) is 14.6 Å². The summed E-state index contributed by atoms with van der Waals surface area (Å²) in [6.07, 6.45) is 3.35. The molecule has 0 aromatic carbocycles. The third-order valence-electron chi connectivity index (χ3n) is 4.08. The van der Waals surface area contributed by atoms with Crippen molar-refractivity contribution in [3.05, 3.63) is 46.7 Å². The minimum Gasteiger partial charge on any atom is -0.466 e. The fraction of sp³-hybridized carbons (Fsp3) is 0.316. The summed E-state index contributed by atoms with van der Waals surface area (Å²) in [4.78, 5) is 33.8. The summed E-state index contributed by atoms with van der Waals surface area (Å²) in [5, 5.41) is 8.97. The molecule has 0 unspecified atom stereocenters. The highest BCUT2D eigenvalue weighted by Gasteiger charge is 2.18. The number of nitrogens with one attached hydrogen (secondary N) is 1. The fourth-order valence-corrected chi connectivity index (χ4v) is 3.42. The second-order valence-corrected chi connectivity index (χ2v) is 6.99. The first-order chi connectivity index (χ1) is 13.5. The van der Waals surface area contributed by atoms with Crippen molar-refractivity contribution in [1.29, 1.82) is 0 Å². The molecule has 0 saturated carbocycles. The van der Waals surface area contributed by atoms with Crippen LogP contribution in [0.3, 0.4) is 0 Å². The third kappa shape index (κ3) is 4.25. The third-order valence-corrected chi connectivity index (χ3v) is 4.95. The predicted molar refractivity (Wildman–Crippen MR) is 106 cm³/mol. The number of esters is 1. The number of rotatable bonds is 7. The number of thiophene rings is 1. The number of nitrogens with zero attached hydrogens (tertiary/aromatic N) is 4. The number of hydrogen-bond acceptors (Lipinski definition) is 7. The zero-order chi connectivity index (χ0) is 20.1. The number of carbonyl (C=O) groups excluding carboxylic acids is 2. The first-order valence-corrected chi connectivity index (χ1v) is 9.75. The molecule has 28 heavy (non-hydrogen) atoms. The van der Waals surface area contributed by atoms with Gasteiger partial charge in [-0.2, -0.15) is 5.10 Å². The summed E-state index contributed by atoms with van der Waals surface area (Å²) in [6, 6.07) is 3.97. The molecule has 0 aliphatic rings. The molecule has 0 saturated heterocycles. The van der Waals surface area contributed by atoms with Crippen LogP contribution in [0.25, 0.3) is 16.5 Å². The molecule has 0 fully saturated rings. The Morgan fingerprint density at radius 2 is 2.11 bits per heavy atom. The molecule has 0 bridgehead atoms. The van der Waals surface area contributed by atoms with Crippen molar-refractivity contribution in [2.75, 3.05) is 13.2 Å². The number of aromatic nitrogens is 4. The lowest BCUT2D eigenvalue weighted by molar-refractivity contribution is -0.142. The number of carbonyl (C=O) groups is 2. The fourth-order valence-electron chi connectivity index (χ4n) is 2.64. The first kappa shape index (κ1) is 19.7. The van der Waals surface area contributed by atoms with E-state index in [-0.39, 0.29) is 24.8 Å². The topological polar surface area (TPSA) is 99.0 Å². The summed E-state index contributed by atoms with van der Waals surface area (Å²) in [6.45, 7) is 6.00. The summed E-state index contributed by atoms with van der Waals surface area (Å²) in [5.74, 6) is -0.250. The molecule has 0 aliphatic heterocycles. The van der Waals surface area contributed by atoms with Crippen LogP contribution in [0.4, 0.5) is 0 Å². The lowest BCUT2D eigenvalue weighted by atomic mass is 10.2. The summed E-state index contributed by atoms with van der Waals surface area (Å²) in [7, 11) is 0. The molecule has 0 spiro atoms. The maximum atomic E-state index is 12.4. The van der Waals surface area contributed by atoms with Crippen LogP contribution in [0.5, 0.6) is 0 Å². The Bertz CT molecular complexity index is 982. The van der Waals surface area contributed by atoms with E-state index in [2.05, 4.69) is 20.4 Å². The van der Waals surface area contributed by atoms with Crippen molar-refractivity contribution < 1.29 is 14.3 Å². The standard InChI is InChI=1S/C19H21N5O3S/c1-4-27-16(25)7-8-20-18(26)14-11-22-24(13(14)3)19-21-10-12(2)17(23-19)15-6-5-9-28-15/h5-6,9-11H,4,7-8H2,1-3H3,(H,20,26).